The fourth-order valence-electron chi connectivity index (χ4n) is 1.34. The first-order valence-electron chi connectivity index (χ1n) is 4.43. The van der Waals surface area contributed by atoms with Gasteiger partial charge >= 0.3 is 0 Å². The fourth-order valence-corrected chi connectivity index (χ4v) is 5.06. The smallest absolute Gasteiger partial charge is 0.0399 e. The number of hydrogen-bond donors (Lipinski definition) is 1. The van der Waals surface area contributed by atoms with Crippen LogP contribution in [-0.4, -0.2) is 18.1 Å². The number of rotatable bonds is 2. The molecule has 1 rings (SSSR count). The van der Waals surface area contributed by atoms with Gasteiger partial charge in [0.1, 0.15) is 0 Å². The van der Waals surface area contributed by atoms with E-state index in [1.165, 1.54) is 34.5 Å². The summed E-state index contributed by atoms with van der Waals surface area (Å²) in [6.45, 7) is 0. The van der Waals surface area contributed by atoms with Crippen molar-refractivity contribution in [2.24, 2.45) is 0 Å². The summed E-state index contributed by atoms with van der Waals surface area (Å²) < 4.78 is 4.21. The van der Waals surface area contributed by atoms with Crippen molar-refractivity contribution in [2.75, 3.05) is 8.86 Å². The van der Waals surface area contributed by atoms with Crippen molar-refractivity contribution in [3.63, 3.8) is 0 Å². The summed E-state index contributed by atoms with van der Waals surface area (Å²) in [6, 6.07) is 0. The van der Waals surface area contributed by atoms with Crippen molar-refractivity contribution in [2.45, 2.75) is 32.1 Å². The SMILES string of the molecule is N=C1CCCCCC1=ICCI. The third kappa shape index (κ3) is 3.81. The van der Waals surface area contributed by atoms with Crippen molar-refractivity contribution >= 4 is 52.5 Å². The number of hydrogen-bond acceptors (Lipinski definition) is 1. The molecule has 1 saturated carbocycles. The average Bonchev–Trinajstić information content (AvgIpc) is 2.27. The predicted molar refractivity (Wildman–Crippen MR) is 73.6 cm³/mol. The van der Waals surface area contributed by atoms with Gasteiger partial charge in [-0.2, -0.15) is 0 Å². The molecule has 0 aliphatic heterocycles. The van der Waals surface area contributed by atoms with E-state index in [9.17, 15) is 0 Å². The van der Waals surface area contributed by atoms with Crippen molar-refractivity contribution in [1.82, 2.24) is 0 Å². The Morgan fingerprint density at radius 3 is 2.75 bits per heavy atom. The molecule has 0 radical (unpaired) electrons. The first-order valence-corrected chi connectivity index (χ1v) is 8.56. The van der Waals surface area contributed by atoms with Gasteiger partial charge in [0.2, 0.25) is 0 Å². The second kappa shape index (κ2) is 6.45. The lowest BCUT2D eigenvalue weighted by Crippen LogP contribution is -2.07. The molecule has 0 amide bonds. The topological polar surface area (TPSA) is 23.9 Å². The number of nitrogens with one attached hydrogen (secondary N) is 1. The van der Waals surface area contributed by atoms with E-state index in [1.54, 1.807) is 3.51 Å². The van der Waals surface area contributed by atoms with E-state index >= 15 is 0 Å². The largest absolute Gasteiger partial charge is 0.305 e. The van der Waals surface area contributed by atoms with Crippen molar-refractivity contribution in [3.05, 3.63) is 0 Å². The molecule has 0 aromatic rings. The van der Waals surface area contributed by atoms with Crippen LogP contribution in [0.3, 0.4) is 0 Å². The zero-order valence-corrected chi connectivity index (χ0v) is 11.5. The Balaban J connectivity index is 2.52. The van der Waals surface area contributed by atoms with Crippen LogP contribution in [0.2, 0.25) is 0 Å². The molecule has 1 N–H and O–H groups in total. The molecule has 0 bridgehead atoms. The van der Waals surface area contributed by atoms with Gasteiger partial charge in [0.15, 0.2) is 0 Å². The van der Waals surface area contributed by atoms with E-state index in [4.69, 9.17) is 5.41 Å². The number of halogens is 2. The Hall–Kier alpha value is 1.00. The van der Waals surface area contributed by atoms with Gasteiger partial charge in [-0.25, -0.2) is 0 Å². The van der Waals surface area contributed by atoms with E-state index in [0.717, 1.165) is 12.1 Å². The Morgan fingerprint density at radius 1 is 1.25 bits per heavy atom. The lowest BCUT2D eigenvalue weighted by Gasteiger charge is -2.01. The fraction of sp³-hybridized carbons (Fsp3) is 0.778. The first-order chi connectivity index (χ1) is 5.84. The summed E-state index contributed by atoms with van der Waals surface area (Å²) in [5.41, 5.74) is 1.00. The van der Waals surface area contributed by atoms with E-state index in [2.05, 4.69) is 22.6 Å². The van der Waals surface area contributed by atoms with Crippen molar-refractivity contribution < 1.29 is 0 Å². The molecule has 12 heavy (non-hydrogen) atoms. The van der Waals surface area contributed by atoms with Gasteiger partial charge in [-0.15, -0.1) is 20.7 Å². The van der Waals surface area contributed by atoms with Crippen LogP contribution in [0.5, 0.6) is 0 Å². The van der Waals surface area contributed by atoms with Gasteiger partial charge in [-0.1, -0.05) is 29.0 Å². The van der Waals surface area contributed by atoms with Crippen LogP contribution < -0.4 is 0 Å². The molecule has 0 unspecified atom stereocenters. The van der Waals surface area contributed by atoms with Gasteiger partial charge in [0.05, 0.1) is 0 Å². The molecule has 0 aromatic heterocycles. The Labute approximate surface area is 98.1 Å². The molecule has 1 fully saturated rings. The second-order valence-corrected chi connectivity index (χ2v) is 7.18. The van der Waals surface area contributed by atoms with E-state index in [-0.39, 0.29) is 20.7 Å². The Bertz CT molecular complexity index is 187. The summed E-state index contributed by atoms with van der Waals surface area (Å²) >= 11 is 2.67. The van der Waals surface area contributed by atoms with Crippen LogP contribution in [0, 0.1) is 5.41 Å². The molecule has 1 nitrogen and oxygen atoms in total. The summed E-state index contributed by atoms with van der Waals surface area (Å²) in [7, 11) is 0. The molecule has 0 heterocycles. The molecular weight excluding hydrogens is 376 g/mol. The highest BCUT2D eigenvalue weighted by Gasteiger charge is 2.09. The average molecular weight is 391 g/mol. The van der Waals surface area contributed by atoms with E-state index in [1.807, 2.05) is 0 Å². The van der Waals surface area contributed by atoms with Crippen molar-refractivity contribution in [3.8, 4) is 0 Å². The van der Waals surface area contributed by atoms with Crippen LogP contribution in [0.25, 0.3) is 0 Å². The maximum absolute atomic E-state index is 7.85. The van der Waals surface area contributed by atoms with Gasteiger partial charge in [-0.3, -0.25) is 0 Å². The predicted octanol–water partition coefficient (Wildman–Crippen LogP) is 3.55. The normalized spacial score (nSPS) is 23.4. The molecule has 70 valence electrons. The zero-order valence-electron chi connectivity index (χ0n) is 7.21. The first kappa shape index (κ1) is 11.1. The summed E-state index contributed by atoms with van der Waals surface area (Å²) in [6.07, 6.45) is 6.27. The van der Waals surface area contributed by atoms with E-state index < -0.39 is 0 Å². The van der Waals surface area contributed by atoms with Gasteiger partial charge in [-0.05, 0) is 25.7 Å². The van der Waals surface area contributed by atoms with Gasteiger partial charge < -0.3 is 5.41 Å². The molecule has 0 saturated heterocycles. The quantitative estimate of drug-likeness (QED) is 0.423. The van der Waals surface area contributed by atoms with Gasteiger partial charge in [0, 0.05) is 18.1 Å². The Kier molecular flexibility index (Phi) is 5.96. The third-order valence-corrected chi connectivity index (χ3v) is 7.77. The van der Waals surface area contributed by atoms with Crippen LogP contribution in [0.4, 0.5) is 0 Å². The van der Waals surface area contributed by atoms with Crippen LogP contribution >= 0.6 is 43.3 Å². The molecule has 1 aliphatic rings. The lowest BCUT2D eigenvalue weighted by molar-refractivity contribution is 0.735. The van der Waals surface area contributed by atoms with Crippen molar-refractivity contribution in [1.29, 1.82) is 5.41 Å². The van der Waals surface area contributed by atoms with Gasteiger partial charge in [0.25, 0.3) is 0 Å². The third-order valence-electron chi connectivity index (χ3n) is 1.98. The molecule has 0 spiro atoms. The highest BCUT2D eigenvalue weighted by molar-refractivity contribution is 14.2. The minimum atomic E-state index is 0.230. The van der Waals surface area contributed by atoms with Crippen LogP contribution in [0.1, 0.15) is 32.1 Å². The van der Waals surface area contributed by atoms with E-state index in [0.29, 0.717) is 0 Å². The standard InChI is InChI=1S/C9H15I2N/c10-6-7-11-8-4-2-1-3-5-9(8)12/h12H,1-7H2. The highest BCUT2D eigenvalue weighted by Crippen LogP contribution is 2.17. The zero-order chi connectivity index (χ0) is 8.81. The van der Waals surface area contributed by atoms with Crippen LogP contribution in [-0.2, 0) is 0 Å². The van der Waals surface area contributed by atoms with Crippen LogP contribution in [0.15, 0.2) is 0 Å². The summed E-state index contributed by atoms with van der Waals surface area (Å²) in [4.78, 5) is 0. The second-order valence-electron chi connectivity index (χ2n) is 2.96. The molecule has 3 heteroatoms. The molecule has 0 aromatic carbocycles. The number of alkyl halides is 2. The lowest BCUT2D eigenvalue weighted by atomic mass is 10.2. The summed E-state index contributed by atoms with van der Waals surface area (Å²) in [5, 5.41) is 7.85. The molecule has 1 aliphatic carbocycles. The molecular formula is C9H15I2N. The molecule has 0 atom stereocenters. The maximum atomic E-state index is 7.85. The highest BCUT2D eigenvalue weighted by atomic mass is 127. The summed E-state index contributed by atoms with van der Waals surface area (Å²) in [5.74, 6) is 0. The Morgan fingerprint density at radius 2 is 2.00 bits per heavy atom. The minimum Gasteiger partial charge on any atom is -0.305 e. The monoisotopic (exact) mass is 391 g/mol. The maximum Gasteiger partial charge on any atom is 0.0399 e. The minimum absolute atomic E-state index is 0.230.